The molecule has 0 bridgehead atoms. The second kappa shape index (κ2) is 10.3. The number of halogens is 4. The Morgan fingerprint density at radius 3 is 2.17 bits per heavy atom. The van der Waals surface area contributed by atoms with Crippen LogP contribution in [-0.2, 0) is 4.79 Å². The van der Waals surface area contributed by atoms with Crippen LogP contribution in [0.25, 0.3) is 10.2 Å². The Kier molecular flexibility index (Phi) is 7.45. The van der Waals surface area contributed by atoms with E-state index in [2.05, 4.69) is 74.0 Å². The van der Waals surface area contributed by atoms with Gasteiger partial charge >= 0.3 is 0 Å². The summed E-state index contributed by atoms with van der Waals surface area (Å²) in [6.45, 7) is 1.99. The highest BCUT2D eigenvalue weighted by Crippen LogP contribution is 2.46. The lowest BCUT2D eigenvalue weighted by Gasteiger charge is -2.13. The van der Waals surface area contributed by atoms with Gasteiger partial charge in [-0.3, -0.25) is 14.4 Å². The van der Waals surface area contributed by atoms with Gasteiger partial charge in [0.25, 0.3) is 11.8 Å². The maximum Gasteiger partial charge on any atom is 0.267 e. The third kappa shape index (κ3) is 4.71. The standard InChI is InChI=1S/C24H13Br4N3O3S2/c1-10-2-4-11(5-3-10)29-15(32)9-35-24-30-13-7-6-12(8-14(13)36-24)31-22(33)16-17(23(31)34)19(26)21(28)20(27)18(16)25/h2-8H,9H2,1H3,(H,29,32). The molecular formula is C24H13Br4N3O3S2. The summed E-state index contributed by atoms with van der Waals surface area (Å²) in [6.07, 6.45) is 0. The van der Waals surface area contributed by atoms with Gasteiger partial charge in [-0.15, -0.1) is 11.3 Å². The van der Waals surface area contributed by atoms with Gasteiger partial charge in [-0.2, -0.15) is 0 Å². The number of hydrogen-bond acceptors (Lipinski definition) is 6. The average Bonchev–Trinajstić information content (AvgIpc) is 3.38. The number of imide groups is 1. The fourth-order valence-electron chi connectivity index (χ4n) is 3.64. The van der Waals surface area contributed by atoms with E-state index in [-0.39, 0.29) is 11.7 Å². The number of thioether (sulfide) groups is 1. The zero-order valence-electron chi connectivity index (χ0n) is 18.2. The van der Waals surface area contributed by atoms with E-state index in [1.807, 2.05) is 31.2 Å². The molecule has 182 valence electrons. The summed E-state index contributed by atoms with van der Waals surface area (Å²) in [5.41, 5.74) is 3.65. The number of nitrogens with zero attached hydrogens (tertiary/aromatic N) is 2. The zero-order valence-corrected chi connectivity index (χ0v) is 26.2. The predicted molar refractivity (Wildman–Crippen MR) is 159 cm³/mol. The van der Waals surface area contributed by atoms with Crippen molar-refractivity contribution in [3.05, 3.63) is 77.0 Å². The first-order valence-electron chi connectivity index (χ1n) is 10.3. The molecule has 0 radical (unpaired) electrons. The number of benzene rings is 3. The Balaban J connectivity index is 1.36. The van der Waals surface area contributed by atoms with Crippen LogP contribution >= 0.6 is 86.8 Å². The molecule has 0 saturated carbocycles. The SMILES string of the molecule is Cc1ccc(NC(=O)CSc2nc3ccc(N4C(=O)c5c(Br)c(Br)c(Br)c(Br)c5C4=O)cc3s2)cc1. The van der Waals surface area contributed by atoms with Crippen molar-refractivity contribution < 1.29 is 14.4 Å². The van der Waals surface area contributed by atoms with Crippen LogP contribution in [0.15, 0.2) is 64.7 Å². The van der Waals surface area contributed by atoms with Crippen molar-refractivity contribution in [2.75, 3.05) is 16.0 Å². The third-order valence-electron chi connectivity index (χ3n) is 5.37. The van der Waals surface area contributed by atoms with Gasteiger partial charge in [0.1, 0.15) is 0 Å². The van der Waals surface area contributed by atoms with Crippen LogP contribution in [0.4, 0.5) is 11.4 Å². The van der Waals surface area contributed by atoms with Gasteiger partial charge in [-0.05, 0) is 101 Å². The number of hydrogen-bond donors (Lipinski definition) is 1. The highest BCUT2D eigenvalue weighted by molar-refractivity contribution is 9.15. The number of aryl methyl sites for hydroxylation is 1. The highest BCUT2D eigenvalue weighted by Gasteiger charge is 2.42. The lowest BCUT2D eigenvalue weighted by molar-refractivity contribution is -0.113. The molecule has 3 amide bonds. The van der Waals surface area contributed by atoms with Crippen LogP contribution < -0.4 is 10.2 Å². The number of nitrogens with one attached hydrogen (secondary N) is 1. The number of aromatic nitrogens is 1. The van der Waals surface area contributed by atoms with Crippen molar-refractivity contribution in [1.82, 2.24) is 4.98 Å². The molecule has 4 aromatic rings. The summed E-state index contributed by atoms with van der Waals surface area (Å²) < 4.78 is 3.84. The molecular weight excluding hydrogens is 762 g/mol. The first-order valence-corrected chi connectivity index (χ1v) is 15.3. The maximum atomic E-state index is 13.3. The van der Waals surface area contributed by atoms with E-state index >= 15 is 0 Å². The fourth-order valence-corrected chi connectivity index (χ4v) is 8.00. The van der Waals surface area contributed by atoms with Gasteiger partial charge in [-0.1, -0.05) is 29.5 Å². The molecule has 1 aliphatic rings. The molecule has 1 aliphatic heterocycles. The molecule has 12 heteroatoms. The van der Waals surface area contributed by atoms with E-state index in [4.69, 9.17) is 0 Å². The Morgan fingerprint density at radius 1 is 0.944 bits per heavy atom. The molecule has 36 heavy (non-hydrogen) atoms. The lowest BCUT2D eigenvalue weighted by Crippen LogP contribution is -2.29. The summed E-state index contributed by atoms with van der Waals surface area (Å²) in [7, 11) is 0. The van der Waals surface area contributed by atoms with Crippen molar-refractivity contribution in [2.45, 2.75) is 11.3 Å². The minimum absolute atomic E-state index is 0.122. The summed E-state index contributed by atoms with van der Waals surface area (Å²) in [5, 5.41) is 2.88. The van der Waals surface area contributed by atoms with Crippen LogP contribution in [0.2, 0.25) is 0 Å². The number of rotatable bonds is 5. The number of amides is 3. The maximum absolute atomic E-state index is 13.3. The smallest absolute Gasteiger partial charge is 0.267 e. The van der Waals surface area contributed by atoms with E-state index in [1.165, 1.54) is 28.0 Å². The van der Waals surface area contributed by atoms with E-state index in [0.717, 1.165) is 25.8 Å². The Bertz CT molecular complexity index is 1540. The molecule has 0 unspecified atom stereocenters. The molecule has 2 heterocycles. The Hall–Kier alpha value is -1.57. The van der Waals surface area contributed by atoms with Crippen molar-refractivity contribution >= 4 is 126 Å². The second-order valence-electron chi connectivity index (χ2n) is 7.79. The number of thiazole rings is 1. The summed E-state index contributed by atoms with van der Waals surface area (Å²) >= 11 is 16.5. The minimum Gasteiger partial charge on any atom is -0.325 e. The number of anilines is 2. The lowest BCUT2D eigenvalue weighted by atomic mass is 10.1. The molecule has 0 atom stereocenters. The predicted octanol–water partition coefficient (Wildman–Crippen LogP) is 8.19. The number of carbonyl (C=O) groups excluding carboxylic acids is 3. The Labute approximate surface area is 247 Å². The van der Waals surface area contributed by atoms with E-state index in [9.17, 15) is 14.4 Å². The first-order chi connectivity index (χ1) is 17.2. The van der Waals surface area contributed by atoms with Crippen LogP contribution in [0, 0.1) is 6.92 Å². The van der Waals surface area contributed by atoms with Gasteiger partial charge < -0.3 is 5.32 Å². The molecule has 0 spiro atoms. The summed E-state index contributed by atoms with van der Waals surface area (Å²) in [4.78, 5) is 44.7. The van der Waals surface area contributed by atoms with Gasteiger partial charge in [0.05, 0.1) is 32.8 Å². The monoisotopic (exact) mass is 771 g/mol. The van der Waals surface area contributed by atoms with Crippen molar-refractivity contribution in [3.63, 3.8) is 0 Å². The third-order valence-corrected chi connectivity index (χ3v) is 12.3. The van der Waals surface area contributed by atoms with Crippen LogP contribution in [0.1, 0.15) is 26.3 Å². The normalized spacial score (nSPS) is 13.0. The van der Waals surface area contributed by atoms with Crippen LogP contribution in [-0.4, -0.2) is 28.5 Å². The van der Waals surface area contributed by atoms with Crippen molar-refractivity contribution in [1.29, 1.82) is 0 Å². The largest absolute Gasteiger partial charge is 0.325 e. The van der Waals surface area contributed by atoms with Gasteiger partial charge in [-0.25, -0.2) is 9.88 Å². The summed E-state index contributed by atoms with van der Waals surface area (Å²) in [5.74, 6) is -0.738. The van der Waals surface area contributed by atoms with Crippen LogP contribution in [0.5, 0.6) is 0 Å². The van der Waals surface area contributed by atoms with Gasteiger partial charge in [0.15, 0.2) is 4.34 Å². The quantitative estimate of drug-likeness (QED) is 0.0959. The van der Waals surface area contributed by atoms with E-state index in [0.29, 0.717) is 34.7 Å². The van der Waals surface area contributed by atoms with Gasteiger partial charge in [0.2, 0.25) is 5.91 Å². The van der Waals surface area contributed by atoms with E-state index < -0.39 is 11.8 Å². The van der Waals surface area contributed by atoms with Crippen molar-refractivity contribution in [2.24, 2.45) is 0 Å². The molecule has 0 aliphatic carbocycles. The van der Waals surface area contributed by atoms with Crippen molar-refractivity contribution in [3.8, 4) is 0 Å². The minimum atomic E-state index is -0.415. The molecule has 1 aromatic heterocycles. The topological polar surface area (TPSA) is 79.4 Å². The molecule has 6 nitrogen and oxygen atoms in total. The highest BCUT2D eigenvalue weighted by atomic mass is 79.9. The number of carbonyl (C=O) groups is 3. The molecule has 3 aromatic carbocycles. The zero-order chi connectivity index (χ0) is 25.7. The van der Waals surface area contributed by atoms with E-state index in [1.54, 1.807) is 18.2 Å². The summed E-state index contributed by atoms with van der Waals surface area (Å²) in [6, 6.07) is 12.9. The molecule has 5 rings (SSSR count). The molecule has 0 fully saturated rings. The first kappa shape index (κ1) is 26.1. The molecule has 0 saturated heterocycles. The molecule has 1 N–H and O–H groups in total. The average molecular weight is 775 g/mol. The van der Waals surface area contributed by atoms with Gasteiger partial charge in [0, 0.05) is 23.6 Å². The second-order valence-corrected chi connectivity index (χ2v) is 13.2. The Morgan fingerprint density at radius 2 is 1.56 bits per heavy atom. The fraction of sp³-hybridized carbons (Fsp3) is 0.0833. The number of fused-ring (bicyclic) bond motifs is 2. The van der Waals surface area contributed by atoms with Crippen LogP contribution in [0.3, 0.4) is 0 Å².